The molecule has 0 aliphatic rings. The van der Waals surface area contributed by atoms with Gasteiger partial charge in [-0.2, -0.15) is 0 Å². The van der Waals surface area contributed by atoms with E-state index in [9.17, 15) is 14.7 Å². The maximum atomic E-state index is 13.9. The number of carbonyl (C=O) groups is 2. The Morgan fingerprint density at radius 2 is 1.33 bits per heavy atom. The molecular weight excluding hydrogens is 616 g/mol. The van der Waals surface area contributed by atoms with Gasteiger partial charge in [0.15, 0.2) is 11.5 Å². The minimum absolute atomic E-state index is 0.0333. The van der Waals surface area contributed by atoms with Crippen LogP contribution in [-0.2, 0) is 23.2 Å². The molecule has 1 atom stereocenters. The first-order valence-corrected chi connectivity index (χ1v) is 16.1. The van der Waals surface area contributed by atoms with Crippen LogP contribution in [0.2, 0.25) is 0 Å². The first-order chi connectivity index (χ1) is 23.5. The van der Waals surface area contributed by atoms with E-state index in [-0.39, 0.29) is 17.4 Å². The van der Waals surface area contributed by atoms with Gasteiger partial charge in [0.1, 0.15) is 17.5 Å². The number of carboxylic acids is 1. The first kappa shape index (κ1) is 34.6. The number of carbonyl (C=O) groups excluding carboxylic acids is 1. The number of ether oxygens (including phenoxy) is 3. The number of rotatable bonds is 13. The van der Waals surface area contributed by atoms with Crippen molar-refractivity contribution >= 4 is 17.6 Å². The highest BCUT2D eigenvalue weighted by Crippen LogP contribution is 2.34. The van der Waals surface area contributed by atoms with Gasteiger partial charge in [0.25, 0.3) is 5.91 Å². The molecule has 5 aromatic carbocycles. The molecule has 0 unspecified atom stereocenters. The summed E-state index contributed by atoms with van der Waals surface area (Å²) >= 11 is 0. The quantitative estimate of drug-likeness (QED) is 0.117. The molecule has 0 aliphatic carbocycles. The molecule has 0 saturated carbocycles. The number of hydrogen-bond donors (Lipinski definition) is 3. The van der Waals surface area contributed by atoms with Crippen molar-refractivity contribution in [2.75, 3.05) is 19.5 Å². The molecule has 0 fully saturated rings. The summed E-state index contributed by atoms with van der Waals surface area (Å²) in [6.45, 7) is 6.96. The Hall–Kier alpha value is -5.76. The zero-order valence-corrected chi connectivity index (χ0v) is 28.4. The summed E-state index contributed by atoms with van der Waals surface area (Å²) < 4.78 is 16.8. The number of anilines is 1. The van der Waals surface area contributed by atoms with E-state index in [4.69, 9.17) is 14.2 Å². The minimum atomic E-state index is -1.16. The van der Waals surface area contributed by atoms with Gasteiger partial charge >= 0.3 is 5.97 Å². The SMILES string of the molecule is COc1ccc(Oc2ccc(NCc3ccc(C(C)(C)C)cc3)c(C(=O)N[C@@H](Cc3ccc(-c4ccccc4)cc3)C(=O)O)c2)cc1OC. The number of methoxy groups -OCH3 is 2. The molecule has 8 heteroatoms. The molecule has 5 aromatic rings. The summed E-state index contributed by atoms with van der Waals surface area (Å²) in [5.41, 5.74) is 5.95. The van der Waals surface area contributed by atoms with E-state index in [1.54, 1.807) is 43.5 Å². The summed E-state index contributed by atoms with van der Waals surface area (Å²) in [6.07, 6.45) is 0.112. The number of benzene rings is 5. The Morgan fingerprint density at radius 1 is 0.714 bits per heavy atom. The molecule has 0 aromatic heterocycles. The second kappa shape index (κ2) is 15.4. The molecule has 0 heterocycles. The molecule has 0 spiro atoms. The monoisotopic (exact) mass is 658 g/mol. The highest BCUT2D eigenvalue weighted by Gasteiger charge is 2.24. The van der Waals surface area contributed by atoms with Crippen LogP contribution in [0, 0.1) is 0 Å². The van der Waals surface area contributed by atoms with Gasteiger partial charge in [-0.05, 0) is 63.6 Å². The normalized spacial score (nSPS) is 11.7. The van der Waals surface area contributed by atoms with Gasteiger partial charge in [0.05, 0.1) is 19.8 Å². The van der Waals surface area contributed by atoms with Crippen LogP contribution in [-0.4, -0.2) is 37.2 Å². The van der Waals surface area contributed by atoms with Gasteiger partial charge < -0.3 is 30.0 Å². The lowest BCUT2D eigenvalue weighted by molar-refractivity contribution is -0.139. The van der Waals surface area contributed by atoms with Gasteiger partial charge in [-0.15, -0.1) is 0 Å². The molecule has 0 saturated heterocycles. The summed E-state index contributed by atoms with van der Waals surface area (Å²) in [5, 5.41) is 16.2. The Kier molecular flexibility index (Phi) is 10.9. The number of amides is 1. The Labute approximate surface area is 287 Å². The third-order valence-electron chi connectivity index (χ3n) is 8.23. The molecule has 49 heavy (non-hydrogen) atoms. The van der Waals surface area contributed by atoms with Crippen molar-refractivity contribution < 1.29 is 28.9 Å². The van der Waals surface area contributed by atoms with Crippen LogP contribution >= 0.6 is 0 Å². The molecule has 1 amide bonds. The summed E-state index contributed by atoms with van der Waals surface area (Å²) in [4.78, 5) is 26.3. The van der Waals surface area contributed by atoms with Gasteiger partial charge in [0.2, 0.25) is 0 Å². The van der Waals surface area contributed by atoms with Crippen molar-refractivity contribution in [3.05, 3.63) is 138 Å². The topological polar surface area (TPSA) is 106 Å². The zero-order chi connectivity index (χ0) is 35.0. The number of aliphatic carboxylic acids is 1. The van der Waals surface area contributed by atoms with Crippen LogP contribution in [0.3, 0.4) is 0 Å². The van der Waals surface area contributed by atoms with E-state index in [0.29, 0.717) is 35.2 Å². The molecule has 5 rings (SSSR count). The molecule has 8 nitrogen and oxygen atoms in total. The number of hydrogen-bond acceptors (Lipinski definition) is 6. The van der Waals surface area contributed by atoms with Crippen LogP contribution in [0.15, 0.2) is 115 Å². The van der Waals surface area contributed by atoms with Crippen molar-refractivity contribution in [2.45, 2.75) is 45.2 Å². The van der Waals surface area contributed by atoms with E-state index < -0.39 is 17.9 Å². The van der Waals surface area contributed by atoms with Crippen LogP contribution in [0.5, 0.6) is 23.0 Å². The second-order valence-corrected chi connectivity index (χ2v) is 12.8. The fourth-order valence-corrected chi connectivity index (χ4v) is 5.40. The van der Waals surface area contributed by atoms with E-state index in [1.807, 2.05) is 54.6 Å². The molecule has 252 valence electrons. The average molecular weight is 659 g/mol. The lowest BCUT2D eigenvalue weighted by Crippen LogP contribution is -2.42. The second-order valence-electron chi connectivity index (χ2n) is 12.8. The maximum Gasteiger partial charge on any atom is 0.326 e. The summed E-state index contributed by atoms with van der Waals surface area (Å²) in [7, 11) is 3.09. The molecule has 0 bridgehead atoms. The fraction of sp³-hybridized carbons (Fsp3) is 0.220. The lowest BCUT2D eigenvalue weighted by Gasteiger charge is -2.20. The van der Waals surface area contributed by atoms with Gasteiger partial charge in [-0.3, -0.25) is 4.79 Å². The van der Waals surface area contributed by atoms with E-state index in [0.717, 1.165) is 22.3 Å². The van der Waals surface area contributed by atoms with E-state index >= 15 is 0 Å². The summed E-state index contributed by atoms with van der Waals surface area (Å²) in [5.74, 6) is 0.240. The van der Waals surface area contributed by atoms with Crippen LogP contribution < -0.4 is 24.8 Å². The van der Waals surface area contributed by atoms with Crippen molar-refractivity contribution in [2.24, 2.45) is 0 Å². The van der Waals surface area contributed by atoms with Gasteiger partial charge in [-0.1, -0.05) is 99.6 Å². The predicted molar refractivity (Wildman–Crippen MR) is 193 cm³/mol. The van der Waals surface area contributed by atoms with Crippen molar-refractivity contribution in [1.29, 1.82) is 0 Å². The van der Waals surface area contributed by atoms with Crippen molar-refractivity contribution in [3.8, 4) is 34.1 Å². The predicted octanol–water partition coefficient (Wildman–Crippen LogP) is 8.50. The molecule has 3 N–H and O–H groups in total. The molecule has 0 aliphatic heterocycles. The zero-order valence-electron chi connectivity index (χ0n) is 28.4. The highest BCUT2D eigenvalue weighted by molar-refractivity contribution is 6.01. The number of nitrogens with one attached hydrogen (secondary N) is 2. The fourth-order valence-electron chi connectivity index (χ4n) is 5.40. The average Bonchev–Trinajstić information content (AvgIpc) is 3.11. The first-order valence-electron chi connectivity index (χ1n) is 16.1. The Balaban J connectivity index is 1.38. The largest absolute Gasteiger partial charge is 0.493 e. The van der Waals surface area contributed by atoms with Gasteiger partial charge in [-0.25, -0.2) is 4.79 Å². The van der Waals surface area contributed by atoms with Crippen LogP contribution in [0.4, 0.5) is 5.69 Å². The maximum absolute atomic E-state index is 13.9. The standard InChI is InChI=1S/C41H42N2O6/c1-41(2,3)31-17-13-28(14-18-31)26-42-35-21-19-32(49-33-20-22-37(47-4)38(25-33)48-5)24-34(35)39(44)43-36(40(45)46)23-27-11-15-30(16-12-27)29-9-7-6-8-10-29/h6-22,24-25,36,42H,23,26H2,1-5H3,(H,43,44)(H,45,46)/t36-/m0/s1. The van der Waals surface area contributed by atoms with E-state index in [1.165, 1.54) is 12.7 Å². The lowest BCUT2D eigenvalue weighted by atomic mass is 9.87. The smallest absolute Gasteiger partial charge is 0.326 e. The summed E-state index contributed by atoms with van der Waals surface area (Å²) in [6, 6.07) is 35.1. The van der Waals surface area contributed by atoms with Gasteiger partial charge in [0, 0.05) is 24.7 Å². The molecular formula is C41H42N2O6. The highest BCUT2D eigenvalue weighted by atomic mass is 16.5. The molecule has 0 radical (unpaired) electrons. The third kappa shape index (κ3) is 8.99. The van der Waals surface area contributed by atoms with Crippen molar-refractivity contribution in [3.63, 3.8) is 0 Å². The Morgan fingerprint density at radius 3 is 1.96 bits per heavy atom. The van der Waals surface area contributed by atoms with Crippen LogP contribution in [0.25, 0.3) is 11.1 Å². The third-order valence-corrected chi connectivity index (χ3v) is 8.23. The minimum Gasteiger partial charge on any atom is -0.493 e. The van der Waals surface area contributed by atoms with Crippen molar-refractivity contribution in [1.82, 2.24) is 5.32 Å². The van der Waals surface area contributed by atoms with Crippen LogP contribution in [0.1, 0.15) is 47.8 Å². The van der Waals surface area contributed by atoms with E-state index in [2.05, 4.69) is 55.7 Å². The number of carboxylic acid groups (broad SMARTS) is 1. The Bertz CT molecular complexity index is 1880.